The van der Waals surface area contributed by atoms with Gasteiger partial charge in [0.05, 0.1) is 0 Å². The van der Waals surface area contributed by atoms with Gasteiger partial charge >= 0.3 is 6.09 Å². The molecule has 0 rings (SSSR count). The number of carbonyl (C=O) groups is 1. The fourth-order valence-electron chi connectivity index (χ4n) is 1.60. The van der Waals surface area contributed by atoms with Gasteiger partial charge in [-0.3, -0.25) is 0 Å². The summed E-state index contributed by atoms with van der Waals surface area (Å²) in [6.45, 7) is 8.73. The molecule has 0 aliphatic carbocycles. The van der Waals surface area contributed by atoms with Crippen LogP contribution in [0.3, 0.4) is 0 Å². The highest BCUT2D eigenvalue weighted by atomic mass is 16.5. The van der Waals surface area contributed by atoms with Crippen molar-refractivity contribution in [1.29, 1.82) is 0 Å². The summed E-state index contributed by atoms with van der Waals surface area (Å²) in [6, 6.07) is 0. The number of amides is 1. The molecule has 0 aromatic carbocycles. The molecule has 0 aromatic heterocycles. The van der Waals surface area contributed by atoms with Crippen molar-refractivity contribution in [2.45, 2.75) is 53.4 Å². The Kier molecular flexibility index (Phi) is 9.59. The second-order valence-corrected chi connectivity index (χ2v) is 5.09. The maximum Gasteiger partial charge on any atom is 0.404 e. The van der Waals surface area contributed by atoms with Crippen LogP contribution >= 0.6 is 0 Å². The van der Waals surface area contributed by atoms with E-state index in [1.54, 1.807) is 0 Å². The first-order valence-corrected chi connectivity index (χ1v) is 6.78. The molecule has 0 saturated heterocycles. The van der Waals surface area contributed by atoms with Crippen molar-refractivity contribution >= 4 is 6.09 Å². The highest BCUT2D eigenvalue weighted by Gasteiger charge is 1.93. The summed E-state index contributed by atoms with van der Waals surface area (Å²) in [4.78, 5) is 10.4. The molecule has 0 heterocycles. The van der Waals surface area contributed by atoms with E-state index in [0.29, 0.717) is 0 Å². The number of rotatable bonds is 8. The smallest absolute Gasteiger partial charge is 0.404 e. The van der Waals surface area contributed by atoms with Crippen molar-refractivity contribution in [3.8, 4) is 0 Å². The van der Waals surface area contributed by atoms with Crippen LogP contribution in [0.25, 0.3) is 0 Å². The Labute approximate surface area is 117 Å². The van der Waals surface area contributed by atoms with Crippen molar-refractivity contribution in [2.75, 3.05) is 6.61 Å². The molecule has 3 nitrogen and oxygen atoms in total. The van der Waals surface area contributed by atoms with Gasteiger partial charge in [0.2, 0.25) is 0 Å². The van der Waals surface area contributed by atoms with Crippen LogP contribution in [-0.4, -0.2) is 12.7 Å². The highest BCUT2D eigenvalue weighted by Crippen LogP contribution is 2.11. The molecular weight excluding hydrogens is 238 g/mol. The van der Waals surface area contributed by atoms with E-state index in [2.05, 4.69) is 37.7 Å². The normalized spacial score (nSPS) is 12.2. The third kappa shape index (κ3) is 12.7. The standard InChI is InChI=1S/C16H27NO2/c1-13(2)7-5-8-14(3)9-6-10-15(4)11-12-19-16(17)18/h7,9,11H,5-6,8,10,12H2,1-4H3,(H2,17,18)/b14-9-,15-11+. The average molecular weight is 265 g/mol. The largest absolute Gasteiger partial charge is 0.445 e. The molecule has 0 aliphatic heterocycles. The Morgan fingerprint density at radius 2 is 1.47 bits per heavy atom. The minimum absolute atomic E-state index is 0.268. The zero-order valence-corrected chi connectivity index (χ0v) is 12.7. The summed E-state index contributed by atoms with van der Waals surface area (Å²) in [7, 11) is 0. The summed E-state index contributed by atoms with van der Waals surface area (Å²) in [5.74, 6) is 0. The minimum Gasteiger partial charge on any atom is -0.445 e. The summed E-state index contributed by atoms with van der Waals surface area (Å²) < 4.78 is 4.66. The number of hydrogen-bond acceptors (Lipinski definition) is 2. The molecule has 0 atom stereocenters. The zero-order chi connectivity index (χ0) is 14.7. The van der Waals surface area contributed by atoms with Gasteiger partial charge in [-0.15, -0.1) is 0 Å². The monoisotopic (exact) mass is 265 g/mol. The number of carbonyl (C=O) groups excluding carboxylic acids is 1. The van der Waals surface area contributed by atoms with Gasteiger partial charge in [-0.1, -0.05) is 28.9 Å². The number of nitrogens with two attached hydrogens (primary N) is 1. The van der Waals surface area contributed by atoms with Crippen LogP contribution in [0.1, 0.15) is 53.4 Å². The summed E-state index contributed by atoms with van der Waals surface area (Å²) in [6.07, 6.45) is 9.98. The lowest BCUT2D eigenvalue weighted by molar-refractivity contribution is 0.169. The second-order valence-electron chi connectivity index (χ2n) is 5.09. The van der Waals surface area contributed by atoms with Gasteiger partial charge in [0, 0.05) is 0 Å². The van der Waals surface area contributed by atoms with Gasteiger partial charge in [0.1, 0.15) is 6.61 Å². The maximum atomic E-state index is 10.4. The van der Waals surface area contributed by atoms with Crippen molar-refractivity contribution < 1.29 is 9.53 Å². The van der Waals surface area contributed by atoms with Crippen molar-refractivity contribution in [1.82, 2.24) is 0 Å². The van der Waals surface area contributed by atoms with Crippen molar-refractivity contribution in [3.05, 3.63) is 34.9 Å². The van der Waals surface area contributed by atoms with E-state index < -0.39 is 6.09 Å². The summed E-state index contributed by atoms with van der Waals surface area (Å²) >= 11 is 0. The van der Waals surface area contributed by atoms with Gasteiger partial charge in [0.15, 0.2) is 0 Å². The summed E-state index contributed by atoms with van der Waals surface area (Å²) in [5, 5.41) is 0. The van der Waals surface area contributed by atoms with E-state index in [4.69, 9.17) is 5.73 Å². The van der Waals surface area contributed by atoms with E-state index in [1.165, 1.54) is 16.7 Å². The summed E-state index contributed by atoms with van der Waals surface area (Å²) in [5.41, 5.74) is 8.90. The fourth-order valence-corrected chi connectivity index (χ4v) is 1.60. The van der Waals surface area contributed by atoms with Crippen LogP contribution in [0.5, 0.6) is 0 Å². The average Bonchev–Trinajstić information content (AvgIpc) is 2.27. The second kappa shape index (κ2) is 10.4. The molecule has 1 amide bonds. The van der Waals surface area contributed by atoms with E-state index in [0.717, 1.165) is 25.7 Å². The number of allylic oxidation sites excluding steroid dienone is 5. The minimum atomic E-state index is -0.723. The molecule has 0 saturated carbocycles. The molecule has 0 bridgehead atoms. The molecule has 2 N–H and O–H groups in total. The molecule has 0 spiro atoms. The van der Waals surface area contributed by atoms with E-state index in [1.807, 2.05) is 13.0 Å². The van der Waals surface area contributed by atoms with Crippen LogP contribution in [0.4, 0.5) is 4.79 Å². The van der Waals surface area contributed by atoms with Gasteiger partial charge in [-0.25, -0.2) is 4.79 Å². The van der Waals surface area contributed by atoms with E-state index in [9.17, 15) is 4.79 Å². The van der Waals surface area contributed by atoms with Gasteiger partial charge in [-0.2, -0.15) is 0 Å². The molecule has 0 unspecified atom stereocenters. The van der Waals surface area contributed by atoms with Crippen LogP contribution in [0.15, 0.2) is 34.9 Å². The fraction of sp³-hybridized carbons (Fsp3) is 0.562. The first-order valence-electron chi connectivity index (χ1n) is 6.78. The SMILES string of the molecule is CC(C)=CCC/C(C)=C\CC/C(C)=C/COC(N)=O. The molecule has 108 valence electrons. The van der Waals surface area contributed by atoms with Crippen LogP contribution in [0.2, 0.25) is 0 Å². The van der Waals surface area contributed by atoms with Crippen molar-refractivity contribution in [2.24, 2.45) is 5.73 Å². The van der Waals surface area contributed by atoms with E-state index >= 15 is 0 Å². The van der Waals surface area contributed by atoms with Crippen LogP contribution < -0.4 is 5.73 Å². The van der Waals surface area contributed by atoms with Gasteiger partial charge in [-0.05, 0) is 59.5 Å². The molecule has 0 aromatic rings. The van der Waals surface area contributed by atoms with Crippen LogP contribution in [-0.2, 0) is 4.74 Å². The molecule has 0 fully saturated rings. The zero-order valence-electron chi connectivity index (χ0n) is 12.7. The number of hydrogen-bond donors (Lipinski definition) is 1. The quantitative estimate of drug-likeness (QED) is 0.657. The topological polar surface area (TPSA) is 52.3 Å². The maximum absolute atomic E-state index is 10.4. The lowest BCUT2D eigenvalue weighted by Gasteiger charge is -2.02. The van der Waals surface area contributed by atoms with Gasteiger partial charge < -0.3 is 10.5 Å². The molecular formula is C16H27NO2. The molecule has 0 aliphatic rings. The highest BCUT2D eigenvalue weighted by molar-refractivity contribution is 5.64. The van der Waals surface area contributed by atoms with Gasteiger partial charge in [0.25, 0.3) is 0 Å². The van der Waals surface area contributed by atoms with Crippen molar-refractivity contribution in [3.63, 3.8) is 0 Å². The third-order valence-electron chi connectivity index (χ3n) is 2.78. The number of ether oxygens (including phenoxy) is 1. The Hall–Kier alpha value is -1.51. The Balaban J connectivity index is 3.86. The predicted octanol–water partition coefficient (Wildman–Crippen LogP) is 4.50. The lowest BCUT2D eigenvalue weighted by Crippen LogP contribution is -2.12. The first kappa shape index (κ1) is 17.5. The Morgan fingerprint density at radius 1 is 0.947 bits per heavy atom. The first-order chi connectivity index (χ1) is 8.91. The molecule has 19 heavy (non-hydrogen) atoms. The molecule has 0 radical (unpaired) electrons. The Bertz CT molecular complexity index is 361. The lowest BCUT2D eigenvalue weighted by atomic mass is 10.1. The predicted molar refractivity (Wildman–Crippen MR) is 80.9 cm³/mol. The van der Waals surface area contributed by atoms with Crippen LogP contribution in [0, 0.1) is 0 Å². The van der Waals surface area contributed by atoms with E-state index in [-0.39, 0.29) is 6.61 Å². The number of primary amides is 1. The third-order valence-corrected chi connectivity index (χ3v) is 2.78. The Morgan fingerprint density at radius 3 is 2.00 bits per heavy atom. The molecule has 3 heteroatoms.